The maximum absolute atomic E-state index is 11.1. The van der Waals surface area contributed by atoms with E-state index in [0.717, 1.165) is 49.0 Å². The van der Waals surface area contributed by atoms with Gasteiger partial charge in [0.25, 0.3) is 0 Å². The summed E-state index contributed by atoms with van der Waals surface area (Å²) in [6.45, 7) is 2.72. The molecule has 2 aromatic rings. The Morgan fingerprint density at radius 1 is 1.38 bits per heavy atom. The SMILES string of the molecule is Cc1oc2ccccc2c1CNC1CCCC(C(=O)O)C1. The zero-order valence-corrected chi connectivity index (χ0v) is 12.3. The molecule has 2 N–H and O–H groups in total. The van der Waals surface area contributed by atoms with Crippen LogP contribution in [0.1, 0.15) is 37.0 Å². The van der Waals surface area contributed by atoms with Crippen LogP contribution in [0.15, 0.2) is 28.7 Å². The van der Waals surface area contributed by atoms with Crippen LogP contribution in [-0.4, -0.2) is 17.1 Å². The van der Waals surface area contributed by atoms with Crippen LogP contribution >= 0.6 is 0 Å². The molecule has 3 rings (SSSR count). The van der Waals surface area contributed by atoms with Gasteiger partial charge in [0, 0.05) is 23.5 Å². The van der Waals surface area contributed by atoms with Gasteiger partial charge in [-0.1, -0.05) is 24.6 Å². The van der Waals surface area contributed by atoms with Gasteiger partial charge in [-0.25, -0.2) is 0 Å². The van der Waals surface area contributed by atoms with Gasteiger partial charge in [0.2, 0.25) is 0 Å². The average molecular weight is 287 g/mol. The fourth-order valence-electron chi connectivity index (χ4n) is 3.29. The van der Waals surface area contributed by atoms with E-state index in [1.165, 1.54) is 5.56 Å². The van der Waals surface area contributed by atoms with E-state index >= 15 is 0 Å². The highest BCUT2D eigenvalue weighted by Crippen LogP contribution is 2.27. The number of hydrogen-bond acceptors (Lipinski definition) is 3. The fraction of sp³-hybridized carbons (Fsp3) is 0.471. The fourth-order valence-corrected chi connectivity index (χ4v) is 3.29. The smallest absolute Gasteiger partial charge is 0.306 e. The quantitative estimate of drug-likeness (QED) is 0.903. The first kappa shape index (κ1) is 14.1. The van der Waals surface area contributed by atoms with Crippen molar-refractivity contribution in [3.8, 4) is 0 Å². The summed E-state index contributed by atoms with van der Waals surface area (Å²) in [5.74, 6) is 0.0826. The molecule has 1 aliphatic rings. The summed E-state index contributed by atoms with van der Waals surface area (Å²) in [4.78, 5) is 11.1. The Labute approximate surface area is 124 Å². The van der Waals surface area contributed by atoms with E-state index in [9.17, 15) is 4.79 Å². The summed E-state index contributed by atoms with van der Waals surface area (Å²) in [6.07, 6.45) is 3.57. The predicted octanol–water partition coefficient (Wildman–Crippen LogP) is 3.47. The molecule has 2 unspecified atom stereocenters. The molecule has 0 bridgehead atoms. The van der Waals surface area contributed by atoms with Crippen LogP contribution in [-0.2, 0) is 11.3 Å². The minimum Gasteiger partial charge on any atom is -0.481 e. The van der Waals surface area contributed by atoms with Crippen molar-refractivity contribution in [1.29, 1.82) is 0 Å². The van der Waals surface area contributed by atoms with E-state index in [0.29, 0.717) is 0 Å². The lowest BCUT2D eigenvalue weighted by atomic mass is 9.85. The zero-order chi connectivity index (χ0) is 14.8. The number of carboxylic acids is 1. The number of carboxylic acid groups (broad SMARTS) is 1. The normalized spacial score (nSPS) is 22.5. The standard InChI is InChI=1S/C17H21NO3/c1-11-15(14-7-2-3-8-16(14)21-11)10-18-13-6-4-5-12(9-13)17(19)20/h2-3,7-8,12-13,18H,4-6,9-10H2,1H3,(H,19,20). The average Bonchev–Trinajstić information content (AvgIpc) is 2.81. The number of carbonyl (C=O) groups is 1. The highest BCUT2D eigenvalue weighted by Gasteiger charge is 2.26. The molecular formula is C17H21NO3. The van der Waals surface area contributed by atoms with E-state index in [1.54, 1.807) is 0 Å². The first-order valence-corrected chi connectivity index (χ1v) is 7.58. The molecule has 0 radical (unpaired) electrons. The molecule has 1 aromatic heterocycles. The van der Waals surface area contributed by atoms with Gasteiger partial charge in [-0.15, -0.1) is 0 Å². The highest BCUT2D eigenvalue weighted by molar-refractivity contribution is 5.82. The van der Waals surface area contributed by atoms with Crippen molar-refractivity contribution in [2.24, 2.45) is 5.92 Å². The third-order valence-corrected chi connectivity index (χ3v) is 4.49. The largest absolute Gasteiger partial charge is 0.481 e. The first-order valence-electron chi connectivity index (χ1n) is 7.58. The Morgan fingerprint density at radius 2 is 2.19 bits per heavy atom. The predicted molar refractivity (Wildman–Crippen MR) is 81.2 cm³/mol. The zero-order valence-electron chi connectivity index (χ0n) is 12.3. The topological polar surface area (TPSA) is 62.5 Å². The van der Waals surface area contributed by atoms with Crippen LogP contribution in [0.3, 0.4) is 0 Å². The Bertz CT molecular complexity index is 647. The number of aliphatic carboxylic acids is 1. The van der Waals surface area contributed by atoms with Gasteiger partial charge in [-0.05, 0) is 32.3 Å². The second-order valence-corrected chi connectivity index (χ2v) is 5.91. The second-order valence-electron chi connectivity index (χ2n) is 5.91. The molecule has 1 heterocycles. The van der Waals surface area contributed by atoms with Crippen LogP contribution in [0.2, 0.25) is 0 Å². The number of benzene rings is 1. The second kappa shape index (κ2) is 5.90. The van der Waals surface area contributed by atoms with Gasteiger partial charge in [0.05, 0.1) is 5.92 Å². The number of nitrogens with one attached hydrogen (secondary N) is 1. The number of furan rings is 1. The van der Waals surface area contributed by atoms with Crippen molar-refractivity contribution in [2.75, 3.05) is 0 Å². The summed E-state index contributed by atoms with van der Waals surface area (Å²) in [7, 11) is 0. The summed E-state index contributed by atoms with van der Waals surface area (Å²) in [6, 6.07) is 8.33. The molecule has 112 valence electrons. The lowest BCUT2D eigenvalue weighted by molar-refractivity contribution is -0.143. The van der Waals surface area contributed by atoms with Crippen LogP contribution in [0, 0.1) is 12.8 Å². The minimum absolute atomic E-state index is 0.196. The first-order chi connectivity index (χ1) is 10.1. The van der Waals surface area contributed by atoms with Gasteiger partial charge >= 0.3 is 5.97 Å². The third-order valence-electron chi connectivity index (χ3n) is 4.49. The summed E-state index contributed by atoms with van der Waals surface area (Å²) >= 11 is 0. The van der Waals surface area contributed by atoms with Crippen molar-refractivity contribution in [3.05, 3.63) is 35.6 Å². The summed E-state index contributed by atoms with van der Waals surface area (Å²) in [5, 5.41) is 13.8. The lowest BCUT2D eigenvalue weighted by Crippen LogP contribution is -2.36. The molecule has 21 heavy (non-hydrogen) atoms. The Hall–Kier alpha value is -1.81. The van der Waals surface area contributed by atoms with Crippen LogP contribution < -0.4 is 5.32 Å². The van der Waals surface area contributed by atoms with Crippen molar-refractivity contribution >= 4 is 16.9 Å². The van der Waals surface area contributed by atoms with Gasteiger partial charge in [-0.3, -0.25) is 4.79 Å². The molecule has 1 saturated carbocycles. The molecule has 1 fully saturated rings. The third kappa shape index (κ3) is 2.95. The van der Waals surface area contributed by atoms with E-state index in [2.05, 4.69) is 11.4 Å². The van der Waals surface area contributed by atoms with Crippen molar-refractivity contribution in [1.82, 2.24) is 5.32 Å². The van der Waals surface area contributed by atoms with E-state index in [-0.39, 0.29) is 12.0 Å². The summed E-state index contributed by atoms with van der Waals surface area (Å²) in [5.41, 5.74) is 2.10. The molecule has 1 aliphatic carbocycles. The van der Waals surface area contributed by atoms with Crippen molar-refractivity contribution < 1.29 is 14.3 Å². The molecule has 0 saturated heterocycles. The number of aryl methyl sites for hydroxylation is 1. The van der Waals surface area contributed by atoms with Crippen molar-refractivity contribution in [2.45, 2.75) is 45.2 Å². The molecule has 0 amide bonds. The summed E-state index contributed by atoms with van der Waals surface area (Å²) < 4.78 is 5.76. The number of hydrogen-bond donors (Lipinski definition) is 2. The van der Waals surface area contributed by atoms with Gasteiger partial charge < -0.3 is 14.8 Å². The van der Waals surface area contributed by atoms with E-state index < -0.39 is 5.97 Å². The van der Waals surface area contributed by atoms with Gasteiger partial charge in [0.1, 0.15) is 11.3 Å². The molecule has 0 spiro atoms. The maximum atomic E-state index is 11.1. The van der Waals surface area contributed by atoms with Crippen LogP contribution in [0.5, 0.6) is 0 Å². The van der Waals surface area contributed by atoms with Gasteiger partial charge in [-0.2, -0.15) is 0 Å². The molecule has 0 aliphatic heterocycles. The Morgan fingerprint density at radius 3 is 3.00 bits per heavy atom. The van der Waals surface area contributed by atoms with Crippen LogP contribution in [0.4, 0.5) is 0 Å². The number of fused-ring (bicyclic) bond motifs is 1. The van der Waals surface area contributed by atoms with Crippen molar-refractivity contribution in [3.63, 3.8) is 0 Å². The maximum Gasteiger partial charge on any atom is 0.306 e. The molecular weight excluding hydrogens is 266 g/mol. The Kier molecular flexibility index (Phi) is 3.97. The van der Waals surface area contributed by atoms with Crippen LogP contribution in [0.25, 0.3) is 11.0 Å². The molecule has 2 atom stereocenters. The number of rotatable bonds is 4. The highest BCUT2D eigenvalue weighted by atomic mass is 16.4. The Balaban J connectivity index is 1.69. The molecule has 4 heteroatoms. The van der Waals surface area contributed by atoms with Gasteiger partial charge in [0.15, 0.2) is 0 Å². The molecule has 4 nitrogen and oxygen atoms in total. The number of para-hydroxylation sites is 1. The van der Waals surface area contributed by atoms with E-state index in [4.69, 9.17) is 9.52 Å². The minimum atomic E-state index is -0.661. The monoisotopic (exact) mass is 287 g/mol. The van der Waals surface area contributed by atoms with E-state index in [1.807, 2.05) is 25.1 Å². The lowest BCUT2D eigenvalue weighted by Gasteiger charge is -2.27. The molecule has 1 aromatic carbocycles.